The van der Waals surface area contributed by atoms with Crippen LogP contribution in [0.1, 0.15) is 24.8 Å². The van der Waals surface area contributed by atoms with Crippen LogP contribution in [-0.4, -0.2) is 21.7 Å². The van der Waals surface area contributed by atoms with Crippen LogP contribution in [0.25, 0.3) is 10.9 Å². The van der Waals surface area contributed by atoms with E-state index in [0.717, 1.165) is 16.5 Å². The number of aromatic amines is 1. The van der Waals surface area contributed by atoms with Crippen molar-refractivity contribution in [2.24, 2.45) is 0 Å². The maximum absolute atomic E-state index is 11.2. The SMILES string of the molecule is CC1(C)S[C@@H](c2c[nH]c3ccccc23)[NH2+][C@H]1C(=O)[O-]. The molecule has 1 aromatic heterocycles. The minimum absolute atomic E-state index is 0.0917. The highest BCUT2D eigenvalue weighted by Crippen LogP contribution is 2.42. The van der Waals surface area contributed by atoms with Crippen LogP contribution in [0.2, 0.25) is 0 Å². The van der Waals surface area contributed by atoms with E-state index in [2.05, 4.69) is 11.1 Å². The molecule has 2 heterocycles. The lowest BCUT2D eigenvalue weighted by Crippen LogP contribution is -2.92. The number of hydrogen-bond acceptors (Lipinski definition) is 3. The van der Waals surface area contributed by atoms with E-state index < -0.39 is 12.0 Å². The largest absolute Gasteiger partial charge is 0.544 e. The van der Waals surface area contributed by atoms with Gasteiger partial charge in [-0.3, -0.25) is 0 Å². The summed E-state index contributed by atoms with van der Waals surface area (Å²) in [4.78, 5) is 14.5. The van der Waals surface area contributed by atoms with Crippen LogP contribution in [0, 0.1) is 0 Å². The number of nitrogens with two attached hydrogens (primary N) is 1. The van der Waals surface area contributed by atoms with E-state index in [1.807, 2.05) is 43.6 Å². The van der Waals surface area contributed by atoms with Crippen LogP contribution < -0.4 is 10.4 Å². The highest BCUT2D eigenvalue weighted by Gasteiger charge is 2.47. The Hall–Kier alpha value is -1.46. The van der Waals surface area contributed by atoms with Crippen LogP contribution in [0.5, 0.6) is 0 Å². The van der Waals surface area contributed by atoms with Gasteiger partial charge in [-0.25, -0.2) is 0 Å². The predicted octanol–water partition coefficient (Wildman–Crippen LogP) is 0.374. The molecule has 1 fully saturated rings. The number of thioether (sulfide) groups is 1. The first-order valence-electron chi connectivity index (χ1n) is 6.29. The van der Waals surface area contributed by atoms with Crippen LogP contribution in [0.3, 0.4) is 0 Å². The van der Waals surface area contributed by atoms with Crippen molar-refractivity contribution < 1.29 is 15.2 Å². The van der Waals surface area contributed by atoms with Crippen molar-refractivity contribution >= 4 is 28.6 Å². The van der Waals surface area contributed by atoms with Gasteiger partial charge in [0, 0.05) is 22.7 Å². The number of aromatic nitrogens is 1. The lowest BCUT2D eigenvalue weighted by atomic mass is 10.0. The van der Waals surface area contributed by atoms with Gasteiger partial charge < -0.3 is 20.2 Å². The Morgan fingerprint density at radius 2 is 2.16 bits per heavy atom. The summed E-state index contributed by atoms with van der Waals surface area (Å²) in [5, 5.41) is 14.4. The third-order valence-corrected chi connectivity index (χ3v) is 5.26. The molecule has 0 spiro atoms. The molecule has 0 radical (unpaired) electrons. The predicted molar refractivity (Wildman–Crippen MR) is 73.4 cm³/mol. The summed E-state index contributed by atoms with van der Waals surface area (Å²) in [5.74, 6) is -0.986. The quantitative estimate of drug-likeness (QED) is 0.832. The first-order chi connectivity index (χ1) is 8.99. The monoisotopic (exact) mass is 276 g/mol. The zero-order valence-electron chi connectivity index (χ0n) is 10.8. The number of H-pyrrole nitrogens is 1. The average Bonchev–Trinajstić information content (AvgIpc) is 2.89. The maximum Gasteiger partial charge on any atom is 0.162 e. The maximum atomic E-state index is 11.2. The molecule has 0 unspecified atom stereocenters. The molecule has 19 heavy (non-hydrogen) atoms. The van der Waals surface area contributed by atoms with Crippen LogP contribution in [0.15, 0.2) is 30.5 Å². The molecule has 0 aliphatic carbocycles. The van der Waals surface area contributed by atoms with Gasteiger partial charge in [-0.2, -0.15) is 0 Å². The van der Waals surface area contributed by atoms with Crippen molar-refractivity contribution in [3.63, 3.8) is 0 Å². The number of carbonyl (C=O) groups excluding carboxylic acids is 1. The number of rotatable bonds is 2. The van der Waals surface area contributed by atoms with Gasteiger partial charge >= 0.3 is 0 Å². The molecule has 2 aromatic rings. The van der Waals surface area contributed by atoms with E-state index in [1.54, 1.807) is 11.8 Å². The number of hydrogen-bond donors (Lipinski definition) is 2. The summed E-state index contributed by atoms with van der Waals surface area (Å²) in [6.07, 6.45) is 1.98. The molecular formula is C14H16N2O2S. The molecule has 5 heteroatoms. The van der Waals surface area contributed by atoms with Gasteiger partial charge in [-0.05, 0) is 19.9 Å². The summed E-state index contributed by atoms with van der Waals surface area (Å²) in [6, 6.07) is 7.56. The molecule has 1 saturated heterocycles. The molecule has 2 atom stereocenters. The lowest BCUT2D eigenvalue weighted by molar-refractivity contribution is -0.695. The van der Waals surface area contributed by atoms with Crippen molar-refractivity contribution in [2.75, 3.05) is 0 Å². The fraction of sp³-hybridized carbons (Fsp3) is 0.357. The fourth-order valence-corrected chi connectivity index (χ4v) is 4.24. The van der Waals surface area contributed by atoms with E-state index in [0.29, 0.717) is 0 Å². The minimum atomic E-state index is -0.986. The Bertz CT molecular complexity index is 635. The Kier molecular flexibility index (Phi) is 2.83. The molecule has 1 aliphatic rings. The second-order valence-corrected chi connectivity index (χ2v) is 7.22. The molecule has 0 amide bonds. The van der Waals surface area contributed by atoms with Gasteiger partial charge in [0.2, 0.25) is 0 Å². The number of nitrogens with one attached hydrogen (secondary N) is 1. The molecule has 1 aromatic carbocycles. The van der Waals surface area contributed by atoms with Crippen molar-refractivity contribution in [3.05, 3.63) is 36.0 Å². The second kappa shape index (κ2) is 4.28. The standard InChI is InChI=1S/C14H16N2O2S/c1-14(2)11(13(17)18)16-12(19-14)9-7-15-10-6-4-3-5-8(9)10/h3-7,11-12,15-16H,1-2H3,(H,17,18)/t11-,12-/m0/s1. The topological polar surface area (TPSA) is 72.5 Å². The zero-order chi connectivity index (χ0) is 13.6. The Balaban J connectivity index is 1.98. The number of carboxylic acid groups (broad SMARTS) is 1. The first kappa shape index (κ1) is 12.6. The summed E-state index contributed by atoms with van der Waals surface area (Å²) in [5.41, 5.74) is 2.23. The molecule has 4 nitrogen and oxygen atoms in total. The van der Waals surface area contributed by atoms with Gasteiger partial charge in [0.25, 0.3) is 0 Å². The highest BCUT2D eigenvalue weighted by atomic mass is 32.2. The van der Waals surface area contributed by atoms with Gasteiger partial charge in [0.05, 0.1) is 4.75 Å². The average molecular weight is 276 g/mol. The molecule has 0 saturated carbocycles. The van der Waals surface area contributed by atoms with E-state index in [4.69, 9.17) is 0 Å². The third kappa shape index (κ3) is 2.03. The lowest BCUT2D eigenvalue weighted by Gasteiger charge is -2.21. The third-order valence-electron chi connectivity index (χ3n) is 3.73. The fourth-order valence-electron chi connectivity index (χ4n) is 2.71. The highest BCUT2D eigenvalue weighted by molar-refractivity contribution is 8.00. The molecule has 100 valence electrons. The van der Waals surface area contributed by atoms with E-state index in [1.165, 1.54) is 0 Å². The van der Waals surface area contributed by atoms with Crippen molar-refractivity contribution in [1.29, 1.82) is 0 Å². The van der Waals surface area contributed by atoms with E-state index in [-0.39, 0.29) is 10.1 Å². The Morgan fingerprint density at radius 3 is 2.84 bits per heavy atom. The van der Waals surface area contributed by atoms with Crippen molar-refractivity contribution in [3.8, 4) is 0 Å². The molecule has 0 bridgehead atoms. The van der Waals surface area contributed by atoms with Crippen molar-refractivity contribution in [1.82, 2.24) is 4.98 Å². The van der Waals surface area contributed by atoms with Crippen LogP contribution in [0.4, 0.5) is 0 Å². The number of benzene rings is 1. The zero-order valence-corrected chi connectivity index (χ0v) is 11.7. The molecular weight excluding hydrogens is 260 g/mol. The van der Waals surface area contributed by atoms with Crippen LogP contribution >= 0.6 is 11.8 Å². The number of fused-ring (bicyclic) bond motifs is 1. The normalized spacial score (nSPS) is 25.8. The second-order valence-electron chi connectivity index (χ2n) is 5.42. The first-order valence-corrected chi connectivity index (χ1v) is 7.17. The van der Waals surface area contributed by atoms with E-state index >= 15 is 0 Å². The molecule has 3 rings (SSSR count). The van der Waals surface area contributed by atoms with Gasteiger partial charge in [0.15, 0.2) is 5.37 Å². The van der Waals surface area contributed by atoms with E-state index in [9.17, 15) is 9.90 Å². The van der Waals surface area contributed by atoms with Gasteiger partial charge in [-0.15, -0.1) is 0 Å². The Morgan fingerprint density at radius 1 is 1.42 bits per heavy atom. The summed E-state index contributed by atoms with van der Waals surface area (Å²) < 4.78 is -0.331. The molecule has 1 aliphatic heterocycles. The van der Waals surface area contributed by atoms with Gasteiger partial charge in [-0.1, -0.05) is 30.0 Å². The molecule has 3 N–H and O–H groups in total. The Labute approximate surface area is 115 Å². The summed E-state index contributed by atoms with van der Waals surface area (Å²) in [7, 11) is 0. The van der Waals surface area contributed by atoms with Crippen LogP contribution in [-0.2, 0) is 4.79 Å². The smallest absolute Gasteiger partial charge is 0.162 e. The van der Waals surface area contributed by atoms with Gasteiger partial charge in [0.1, 0.15) is 12.0 Å². The number of carbonyl (C=O) groups is 1. The summed E-state index contributed by atoms with van der Waals surface area (Å²) >= 11 is 1.68. The summed E-state index contributed by atoms with van der Waals surface area (Å²) in [6.45, 7) is 3.92. The van der Waals surface area contributed by atoms with Crippen molar-refractivity contribution in [2.45, 2.75) is 30.0 Å². The number of quaternary nitrogens is 1. The minimum Gasteiger partial charge on any atom is -0.544 e. The number of para-hydroxylation sites is 1. The number of aliphatic carboxylic acids is 1. The number of carboxylic acids is 1.